The molecule has 200 valence electrons. The minimum absolute atomic E-state index is 0.118. The van der Waals surface area contributed by atoms with Crippen molar-refractivity contribution in [3.63, 3.8) is 0 Å². The van der Waals surface area contributed by atoms with E-state index in [9.17, 15) is 10.2 Å². The summed E-state index contributed by atoms with van der Waals surface area (Å²) >= 11 is 0. The molecule has 3 nitrogen and oxygen atoms in total. The normalized spacial score (nSPS) is 55.4. The lowest BCUT2D eigenvalue weighted by Crippen LogP contribution is -2.67. The smallest absolute Gasteiger partial charge is 0.0618 e. The van der Waals surface area contributed by atoms with Crippen molar-refractivity contribution in [3.8, 4) is 0 Å². The number of rotatable bonds is 5. The van der Waals surface area contributed by atoms with E-state index in [1.165, 1.54) is 57.1 Å². The molecule has 0 saturated heterocycles. The van der Waals surface area contributed by atoms with E-state index < -0.39 is 0 Å². The van der Waals surface area contributed by atoms with Crippen LogP contribution in [0.15, 0.2) is 12.2 Å². The highest BCUT2D eigenvalue weighted by molar-refractivity contribution is 5.22. The summed E-state index contributed by atoms with van der Waals surface area (Å²) in [5.41, 5.74) is 2.47. The fourth-order valence-electron chi connectivity index (χ4n) is 12.0. The molecule has 0 spiro atoms. The number of fused-ring (bicyclic) bond motifs is 7. The Kier molecular flexibility index (Phi) is 6.42. The van der Waals surface area contributed by atoms with Crippen molar-refractivity contribution in [2.24, 2.45) is 56.7 Å². The first-order chi connectivity index (χ1) is 16.4. The minimum atomic E-state index is -0.363. The van der Waals surface area contributed by atoms with Crippen LogP contribution < -0.4 is 5.32 Å². The van der Waals surface area contributed by atoms with Gasteiger partial charge in [-0.3, -0.25) is 0 Å². The van der Waals surface area contributed by atoms with Crippen LogP contribution in [0.2, 0.25) is 0 Å². The van der Waals surface area contributed by atoms with E-state index in [0.29, 0.717) is 34.0 Å². The van der Waals surface area contributed by atoms with E-state index in [0.717, 1.165) is 37.6 Å². The van der Waals surface area contributed by atoms with Gasteiger partial charge in [0.15, 0.2) is 0 Å². The van der Waals surface area contributed by atoms with Gasteiger partial charge in [0.2, 0.25) is 0 Å². The molecule has 5 fully saturated rings. The predicted molar refractivity (Wildman–Crippen MR) is 145 cm³/mol. The first-order valence-corrected chi connectivity index (χ1v) is 15.1. The van der Waals surface area contributed by atoms with E-state index in [2.05, 4.69) is 53.4 Å². The van der Waals surface area contributed by atoms with Gasteiger partial charge in [0.25, 0.3) is 0 Å². The van der Waals surface area contributed by atoms with Crippen LogP contribution in [0, 0.1) is 56.7 Å². The lowest BCUT2D eigenvalue weighted by atomic mass is 9.32. The van der Waals surface area contributed by atoms with Crippen LogP contribution in [0.1, 0.15) is 106 Å². The van der Waals surface area contributed by atoms with Gasteiger partial charge in [-0.05, 0) is 129 Å². The Morgan fingerprint density at radius 2 is 1.63 bits per heavy atom. The largest absolute Gasteiger partial charge is 0.396 e. The van der Waals surface area contributed by atoms with Crippen molar-refractivity contribution in [1.82, 2.24) is 5.32 Å². The molecule has 5 rings (SSSR count). The summed E-state index contributed by atoms with van der Waals surface area (Å²) in [7, 11) is 0. The van der Waals surface area contributed by atoms with Gasteiger partial charge in [-0.25, -0.2) is 0 Å². The molecule has 0 aromatic heterocycles. The second kappa shape index (κ2) is 8.57. The average Bonchev–Trinajstić information content (AvgIpc) is 3.21. The Morgan fingerprint density at radius 3 is 2.29 bits per heavy atom. The van der Waals surface area contributed by atoms with Gasteiger partial charge < -0.3 is 15.5 Å². The van der Waals surface area contributed by atoms with E-state index in [1.807, 2.05) is 0 Å². The third-order valence-electron chi connectivity index (χ3n) is 14.1. The van der Waals surface area contributed by atoms with Crippen molar-refractivity contribution in [3.05, 3.63) is 12.2 Å². The first-order valence-electron chi connectivity index (χ1n) is 15.1. The van der Waals surface area contributed by atoms with Gasteiger partial charge in [0.05, 0.1) is 12.7 Å². The molecule has 0 aromatic rings. The van der Waals surface area contributed by atoms with Crippen molar-refractivity contribution < 1.29 is 10.2 Å². The van der Waals surface area contributed by atoms with E-state index in [-0.39, 0.29) is 23.5 Å². The summed E-state index contributed by atoms with van der Waals surface area (Å²) in [6, 6.07) is 0. The van der Waals surface area contributed by atoms with Crippen LogP contribution in [0.25, 0.3) is 0 Å². The quantitative estimate of drug-likeness (QED) is 0.385. The number of allylic oxidation sites excluding steroid dienone is 1. The molecular weight excluding hydrogens is 430 g/mol. The average molecular weight is 486 g/mol. The third kappa shape index (κ3) is 3.32. The highest BCUT2D eigenvalue weighted by Gasteiger charge is 2.71. The number of nitrogens with one attached hydrogen (secondary N) is 1. The summed E-state index contributed by atoms with van der Waals surface area (Å²) < 4.78 is 0. The van der Waals surface area contributed by atoms with Crippen molar-refractivity contribution in [1.29, 1.82) is 0 Å². The zero-order valence-electron chi connectivity index (χ0n) is 23.8. The lowest BCUT2D eigenvalue weighted by Gasteiger charge is -2.73. The Labute approximate surface area is 215 Å². The molecule has 35 heavy (non-hydrogen) atoms. The number of hydrogen-bond acceptors (Lipinski definition) is 3. The third-order valence-corrected chi connectivity index (χ3v) is 14.1. The first kappa shape index (κ1) is 26.2. The maximum atomic E-state index is 11.0. The lowest BCUT2D eigenvalue weighted by molar-refractivity contribution is -0.253. The van der Waals surface area contributed by atoms with Crippen LogP contribution in [0.5, 0.6) is 0 Å². The minimum Gasteiger partial charge on any atom is -0.396 e. The predicted octanol–water partition coefficient (Wildman–Crippen LogP) is 6.59. The number of aliphatic hydroxyl groups excluding tert-OH is 2. The van der Waals surface area contributed by atoms with Gasteiger partial charge in [0.1, 0.15) is 0 Å². The molecule has 5 saturated carbocycles. The molecule has 5 aliphatic rings. The molecule has 0 radical (unpaired) electrons. The highest BCUT2D eigenvalue weighted by atomic mass is 16.3. The summed E-state index contributed by atoms with van der Waals surface area (Å²) in [5, 5.41) is 25.3. The Bertz CT molecular complexity index is 841. The molecule has 0 heterocycles. The standard InChI is InChI=1S/C32H55NO2/c1-8-33-19-32-16-11-22(21(2)3)27(32)23-9-10-25-28(4)14-13-26(35)29(5,20-34)24(28)12-15-31(25,7)30(23,6)17-18-32/h22-27,33-35H,2,8-20H2,1,3-7H3/t22-,23?,24?,25?,26-,27?,28-,29-,30+,31+,32?/m0/s1. The Balaban J connectivity index is 1.53. The van der Waals surface area contributed by atoms with Gasteiger partial charge >= 0.3 is 0 Å². The highest BCUT2D eigenvalue weighted by Crippen LogP contribution is 2.77. The van der Waals surface area contributed by atoms with Crippen LogP contribution in [0.3, 0.4) is 0 Å². The molecule has 3 heteroatoms. The Hall–Kier alpha value is -0.380. The van der Waals surface area contributed by atoms with Crippen molar-refractivity contribution in [2.45, 2.75) is 112 Å². The molecular formula is C32H55NO2. The zero-order chi connectivity index (χ0) is 25.4. The van der Waals surface area contributed by atoms with Gasteiger partial charge in [-0.15, -0.1) is 0 Å². The van der Waals surface area contributed by atoms with E-state index in [1.54, 1.807) is 0 Å². The monoisotopic (exact) mass is 485 g/mol. The fraction of sp³-hybridized carbons (Fsp3) is 0.938. The summed E-state index contributed by atoms with van der Waals surface area (Å²) in [6.45, 7) is 21.6. The topological polar surface area (TPSA) is 52.5 Å². The second-order valence-electron chi connectivity index (χ2n) is 15.0. The van der Waals surface area contributed by atoms with Crippen LogP contribution >= 0.6 is 0 Å². The zero-order valence-corrected chi connectivity index (χ0v) is 23.8. The second-order valence-corrected chi connectivity index (χ2v) is 15.0. The molecule has 5 aliphatic carbocycles. The fourth-order valence-corrected chi connectivity index (χ4v) is 12.0. The van der Waals surface area contributed by atoms with E-state index in [4.69, 9.17) is 0 Å². The molecule has 0 amide bonds. The van der Waals surface area contributed by atoms with Crippen LogP contribution in [-0.2, 0) is 0 Å². The molecule has 0 aliphatic heterocycles. The van der Waals surface area contributed by atoms with E-state index >= 15 is 0 Å². The maximum Gasteiger partial charge on any atom is 0.0618 e. The molecule has 0 aromatic carbocycles. The van der Waals surface area contributed by atoms with Crippen molar-refractivity contribution in [2.75, 3.05) is 19.7 Å². The molecule has 0 bridgehead atoms. The SMILES string of the molecule is C=C(C)[C@@H]1CCC2(CNCC)CC[C@]3(C)C(CCC4[C@@]5(C)CC[C@H](O)[C@@](C)(CO)C5CC[C@]43C)C12. The number of hydrogen-bond donors (Lipinski definition) is 3. The van der Waals surface area contributed by atoms with Crippen LogP contribution in [0.4, 0.5) is 0 Å². The van der Waals surface area contributed by atoms with Crippen LogP contribution in [-0.4, -0.2) is 36.0 Å². The molecule has 11 atom stereocenters. The van der Waals surface area contributed by atoms with Gasteiger partial charge in [-0.1, -0.05) is 46.8 Å². The summed E-state index contributed by atoms with van der Waals surface area (Å²) in [4.78, 5) is 0. The summed E-state index contributed by atoms with van der Waals surface area (Å²) in [6.07, 6.45) is 12.2. The Morgan fingerprint density at radius 1 is 0.886 bits per heavy atom. The maximum absolute atomic E-state index is 11.0. The van der Waals surface area contributed by atoms with Gasteiger partial charge in [0, 0.05) is 12.0 Å². The number of aliphatic hydroxyl groups is 2. The molecule has 5 unspecified atom stereocenters. The van der Waals surface area contributed by atoms with Gasteiger partial charge in [-0.2, -0.15) is 0 Å². The summed E-state index contributed by atoms with van der Waals surface area (Å²) in [5.74, 6) is 3.37. The van der Waals surface area contributed by atoms with Crippen molar-refractivity contribution >= 4 is 0 Å². The molecule has 3 N–H and O–H groups in total.